The molecule has 0 heterocycles. The molecule has 12 heavy (non-hydrogen) atoms. The monoisotopic (exact) mass is 183 g/mol. The average Bonchev–Trinajstić information content (AvgIpc) is 2.09. The minimum Gasteiger partial charge on any atom is -0.326 e. The zero-order chi connectivity index (χ0) is 8.97. The third-order valence-electron chi connectivity index (χ3n) is 1.65. The predicted octanol–water partition coefficient (Wildman–Crippen LogP) is 1.54. The minimum absolute atomic E-state index is 0.354. The van der Waals surface area contributed by atoms with E-state index in [9.17, 15) is 4.79 Å². The molecule has 0 aliphatic rings. The molecule has 0 fully saturated rings. The summed E-state index contributed by atoms with van der Waals surface area (Å²) in [4.78, 5) is 10.2. The van der Waals surface area contributed by atoms with Crippen molar-refractivity contribution in [2.75, 3.05) is 0 Å². The van der Waals surface area contributed by atoms with E-state index in [4.69, 9.17) is 17.3 Å². The Morgan fingerprint density at radius 3 is 2.83 bits per heavy atom. The van der Waals surface area contributed by atoms with Crippen LogP contribution in [0.25, 0.3) is 0 Å². The molecule has 0 spiro atoms. The van der Waals surface area contributed by atoms with Crippen LogP contribution in [-0.2, 0) is 17.8 Å². The molecule has 0 radical (unpaired) electrons. The Morgan fingerprint density at radius 1 is 1.50 bits per heavy atom. The number of hydrogen-bond acceptors (Lipinski definition) is 2. The molecule has 1 aromatic rings. The summed E-state index contributed by atoms with van der Waals surface area (Å²) in [5.74, 6) is 0. The summed E-state index contributed by atoms with van der Waals surface area (Å²) in [7, 11) is 0. The maximum Gasteiger partial charge on any atom is 0.124 e. The smallest absolute Gasteiger partial charge is 0.124 e. The lowest BCUT2D eigenvalue weighted by Gasteiger charge is -2.02. The number of nitrogens with two attached hydrogens (primary N) is 1. The van der Waals surface area contributed by atoms with Gasteiger partial charge in [-0.25, -0.2) is 0 Å². The molecule has 0 saturated carbocycles. The zero-order valence-electron chi connectivity index (χ0n) is 6.59. The van der Waals surface area contributed by atoms with Gasteiger partial charge in [0.1, 0.15) is 6.29 Å². The average molecular weight is 184 g/mol. The van der Waals surface area contributed by atoms with Gasteiger partial charge in [0.2, 0.25) is 0 Å². The van der Waals surface area contributed by atoms with Gasteiger partial charge in [0.15, 0.2) is 0 Å². The summed E-state index contributed by atoms with van der Waals surface area (Å²) in [6.45, 7) is 0.475. The number of halogens is 1. The van der Waals surface area contributed by atoms with E-state index in [0.717, 1.165) is 17.4 Å². The van der Waals surface area contributed by atoms with E-state index in [1.165, 1.54) is 0 Å². The first-order valence-corrected chi connectivity index (χ1v) is 4.06. The van der Waals surface area contributed by atoms with E-state index >= 15 is 0 Å². The molecule has 0 aromatic heterocycles. The Kier molecular flexibility index (Phi) is 3.26. The second-order valence-electron chi connectivity index (χ2n) is 2.50. The lowest BCUT2D eigenvalue weighted by molar-refractivity contribution is -0.107. The van der Waals surface area contributed by atoms with Crippen LogP contribution in [0.4, 0.5) is 0 Å². The second kappa shape index (κ2) is 4.24. The van der Waals surface area contributed by atoms with E-state index in [0.29, 0.717) is 18.0 Å². The molecule has 1 aromatic carbocycles. The Labute approximate surface area is 76.3 Å². The van der Waals surface area contributed by atoms with Crippen molar-refractivity contribution in [3.63, 3.8) is 0 Å². The third-order valence-corrected chi connectivity index (χ3v) is 2.02. The van der Waals surface area contributed by atoms with Crippen LogP contribution < -0.4 is 5.73 Å². The lowest BCUT2D eigenvalue weighted by atomic mass is 10.1. The van der Waals surface area contributed by atoms with Crippen molar-refractivity contribution in [2.45, 2.75) is 13.0 Å². The fourth-order valence-corrected chi connectivity index (χ4v) is 1.20. The van der Waals surface area contributed by atoms with Gasteiger partial charge in [0.25, 0.3) is 0 Å². The van der Waals surface area contributed by atoms with Crippen LogP contribution in [0, 0.1) is 0 Å². The minimum atomic E-state index is 0.354. The number of benzene rings is 1. The lowest BCUT2D eigenvalue weighted by Crippen LogP contribution is -1.98. The highest BCUT2D eigenvalue weighted by atomic mass is 35.5. The summed E-state index contributed by atoms with van der Waals surface area (Å²) in [6.07, 6.45) is 1.19. The van der Waals surface area contributed by atoms with Crippen molar-refractivity contribution in [2.24, 2.45) is 5.73 Å². The van der Waals surface area contributed by atoms with Crippen LogP contribution in [0.3, 0.4) is 0 Å². The topological polar surface area (TPSA) is 43.1 Å². The zero-order valence-corrected chi connectivity index (χ0v) is 7.34. The molecular formula is C9H10ClNO. The standard InChI is InChI=1S/C9H10ClNO/c10-9-2-1-7(6-11)5-8(9)3-4-12/h1-2,4-5H,3,6,11H2. The van der Waals surface area contributed by atoms with Crippen molar-refractivity contribution in [1.29, 1.82) is 0 Å². The molecule has 2 N–H and O–H groups in total. The fourth-order valence-electron chi connectivity index (χ4n) is 1.00. The van der Waals surface area contributed by atoms with Crippen LogP contribution >= 0.6 is 11.6 Å². The highest BCUT2D eigenvalue weighted by molar-refractivity contribution is 6.31. The van der Waals surface area contributed by atoms with Gasteiger partial charge >= 0.3 is 0 Å². The first-order chi connectivity index (χ1) is 5.77. The van der Waals surface area contributed by atoms with Gasteiger partial charge in [0.05, 0.1) is 0 Å². The van der Waals surface area contributed by atoms with E-state index in [1.54, 1.807) is 6.07 Å². The molecule has 0 saturated heterocycles. The maximum atomic E-state index is 10.2. The Hall–Kier alpha value is -0.860. The Balaban J connectivity index is 2.99. The molecule has 0 amide bonds. The molecule has 0 aliphatic carbocycles. The molecular weight excluding hydrogens is 174 g/mol. The van der Waals surface area contributed by atoms with Gasteiger partial charge in [-0.2, -0.15) is 0 Å². The third kappa shape index (κ3) is 2.06. The Bertz CT molecular complexity index is 286. The van der Waals surface area contributed by atoms with Gasteiger partial charge in [-0.15, -0.1) is 0 Å². The molecule has 0 aliphatic heterocycles. The summed E-state index contributed by atoms with van der Waals surface area (Å²) in [5, 5.41) is 0.624. The van der Waals surface area contributed by atoms with E-state index in [2.05, 4.69) is 0 Å². The van der Waals surface area contributed by atoms with E-state index in [1.807, 2.05) is 12.1 Å². The maximum absolute atomic E-state index is 10.2. The number of carbonyl (C=O) groups is 1. The number of aldehydes is 1. The molecule has 1 rings (SSSR count). The van der Waals surface area contributed by atoms with E-state index < -0.39 is 0 Å². The van der Waals surface area contributed by atoms with Crippen LogP contribution in [0.5, 0.6) is 0 Å². The highest BCUT2D eigenvalue weighted by Gasteiger charge is 1.99. The van der Waals surface area contributed by atoms with Crippen LogP contribution in [0.15, 0.2) is 18.2 Å². The van der Waals surface area contributed by atoms with Crippen molar-refractivity contribution in [3.8, 4) is 0 Å². The summed E-state index contributed by atoms with van der Waals surface area (Å²) in [5.41, 5.74) is 7.27. The largest absolute Gasteiger partial charge is 0.326 e. The molecule has 2 nitrogen and oxygen atoms in total. The van der Waals surface area contributed by atoms with Crippen molar-refractivity contribution in [1.82, 2.24) is 0 Å². The van der Waals surface area contributed by atoms with Crippen LogP contribution in [0.2, 0.25) is 5.02 Å². The number of hydrogen-bond donors (Lipinski definition) is 1. The number of carbonyl (C=O) groups excluding carboxylic acids is 1. The van der Waals surface area contributed by atoms with Crippen molar-refractivity contribution in [3.05, 3.63) is 34.3 Å². The van der Waals surface area contributed by atoms with Gasteiger partial charge in [-0.1, -0.05) is 23.7 Å². The first-order valence-electron chi connectivity index (χ1n) is 3.69. The molecule has 0 bridgehead atoms. The SMILES string of the molecule is NCc1ccc(Cl)c(CC=O)c1. The molecule has 64 valence electrons. The van der Waals surface area contributed by atoms with Crippen molar-refractivity contribution >= 4 is 17.9 Å². The van der Waals surface area contributed by atoms with Gasteiger partial charge in [-0.05, 0) is 17.2 Å². The summed E-state index contributed by atoms with van der Waals surface area (Å²) < 4.78 is 0. The number of rotatable bonds is 3. The normalized spacial score (nSPS) is 9.83. The highest BCUT2D eigenvalue weighted by Crippen LogP contribution is 2.17. The van der Waals surface area contributed by atoms with E-state index in [-0.39, 0.29) is 0 Å². The van der Waals surface area contributed by atoms with Crippen molar-refractivity contribution < 1.29 is 4.79 Å². The molecule has 0 atom stereocenters. The summed E-state index contributed by atoms with van der Waals surface area (Å²) >= 11 is 5.83. The fraction of sp³-hybridized carbons (Fsp3) is 0.222. The van der Waals surface area contributed by atoms with Crippen LogP contribution in [0.1, 0.15) is 11.1 Å². The van der Waals surface area contributed by atoms with Gasteiger partial charge in [0, 0.05) is 18.0 Å². The first kappa shape index (κ1) is 9.23. The van der Waals surface area contributed by atoms with Gasteiger partial charge in [-0.3, -0.25) is 0 Å². The Morgan fingerprint density at radius 2 is 2.25 bits per heavy atom. The summed E-state index contributed by atoms with van der Waals surface area (Å²) in [6, 6.07) is 5.48. The quantitative estimate of drug-likeness (QED) is 0.723. The predicted molar refractivity (Wildman–Crippen MR) is 49.1 cm³/mol. The molecule has 0 unspecified atom stereocenters. The van der Waals surface area contributed by atoms with Crippen LogP contribution in [-0.4, -0.2) is 6.29 Å². The van der Waals surface area contributed by atoms with Gasteiger partial charge < -0.3 is 10.5 Å². The second-order valence-corrected chi connectivity index (χ2v) is 2.91. The molecule has 3 heteroatoms.